The third-order valence-corrected chi connectivity index (χ3v) is 3.42. The van der Waals surface area contributed by atoms with E-state index in [9.17, 15) is 14.9 Å². The van der Waals surface area contributed by atoms with Crippen LogP contribution in [0.1, 0.15) is 19.8 Å². The number of hydrogen-bond acceptors (Lipinski definition) is 7. The number of carbonyl (C=O) groups excluding carboxylic acids is 1. The van der Waals surface area contributed by atoms with E-state index >= 15 is 0 Å². The summed E-state index contributed by atoms with van der Waals surface area (Å²) >= 11 is 0. The zero-order chi connectivity index (χ0) is 15.4. The molecule has 1 aliphatic heterocycles. The minimum atomic E-state index is -0.495. The van der Waals surface area contributed by atoms with Gasteiger partial charge in [0.25, 0.3) is 0 Å². The van der Waals surface area contributed by atoms with Crippen molar-refractivity contribution in [2.24, 2.45) is 11.7 Å². The first-order valence-corrected chi connectivity index (χ1v) is 6.82. The van der Waals surface area contributed by atoms with E-state index in [0.29, 0.717) is 26.1 Å². The molecule has 2 heterocycles. The average Bonchev–Trinajstić information content (AvgIpc) is 2.94. The van der Waals surface area contributed by atoms with E-state index in [-0.39, 0.29) is 23.2 Å². The maximum atomic E-state index is 11.3. The van der Waals surface area contributed by atoms with Crippen molar-refractivity contribution < 1.29 is 9.72 Å². The van der Waals surface area contributed by atoms with Crippen molar-refractivity contribution in [3.8, 4) is 0 Å². The standard InChI is InChI=1S/C12H18N6O3/c1-2-4-14-11-9(18(20)21)12(16-7-15-11)17-5-3-8(6-17)10(13)19/h7-8H,2-6H2,1H3,(H2,13,19)(H,14,15,16). The Morgan fingerprint density at radius 2 is 2.38 bits per heavy atom. The van der Waals surface area contributed by atoms with Gasteiger partial charge in [-0.2, -0.15) is 0 Å². The fraction of sp³-hybridized carbons (Fsp3) is 0.583. The third-order valence-electron chi connectivity index (χ3n) is 3.42. The molecule has 1 aromatic heterocycles. The molecule has 0 aliphatic carbocycles. The van der Waals surface area contributed by atoms with Crippen molar-refractivity contribution in [1.82, 2.24) is 9.97 Å². The number of nitrogens with zero attached hydrogens (tertiary/aromatic N) is 4. The Morgan fingerprint density at radius 1 is 1.62 bits per heavy atom. The molecule has 9 heteroatoms. The first-order chi connectivity index (χ1) is 10.0. The van der Waals surface area contributed by atoms with Gasteiger partial charge < -0.3 is 16.0 Å². The van der Waals surface area contributed by atoms with E-state index in [1.165, 1.54) is 6.33 Å². The zero-order valence-corrected chi connectivity index (χ0v) is 11.8. The predicted octanol–water partition coefficient (Wildman–Crippen LogP) is 0.518. The molecule has 1 unspecified atom stereocenters. The van der Waals surface area contributed by atoms with Gasteiger partial charge in [0.05, 0.1) is 10.8 Å². The quantitative estimate of drug-likeness (QED) is 0.578. The van der Waals surface area contributed by atoms with Gasteiger partial charge in [0, 0.05) is 19.6 Å². The maximum Gasteiger partial charge on any atom is 0.353 e. The van der Waals surface area contributed by atoms with Gasteiger partial charge >= 0.3 is 5.69 Å². The van der Waals surface area contributed by atoms with Crippen molar-refractivity contribution in [3.63, 3.8) is 0 Å². The molecule has 3 N–H and O–H groups in total. The highest BCUT2D eigenvalue weighted by molar-refractivity contribution is 5.79. The summed E-state index contributed by atoms with van der Waals surface area (Å²) in [5, 5.41) is 14.3. The second-order valence-electron chi connectivity index (χ2n) is 4.91. The average molecular weight is 294 g/mol. The summed E-state index contributed by atoms with van der Waals surface area (Å²) in [5.74, 6) is -0.253. The smallest absolute Gasteiger partial charge is 0.353 e. The number of anilines is 2. The third kappa shape index (κ3) is 3.18. The van der Waals surface area contributed by atoms with Crippen LogP contribution in [0.4, 0.5) is 17.3 Å². The van der Waals surface area contributed by atoms with Gasteiger partial charge in [-0.05, 0) is 12.8 Å². The predicted molar refractivity (Wildman–Crippen MR) is 77.0 cm³/mol. The Labute approximate surface area is 121 Å². The number of carbonyl (C=O) groups is 1. The van der Waals surface area contributed by atoms with Crippen LogP contribution >= 0.6 is 0 Å². The molecule has 1 atom stereocenters. The van der Waals surface area contributed by atoms with E-state index in [2.05, 4.69) is 15.3 Å². The van der Waals surface area contributed by atoms with Crippen molar-refractivity contribution >= 4 is 23.2 Å². The number of aromatic nitrogens is 2. The summed E-state index contributed by atoms with van der Waals surface area (Å²) in [6.45, 7) is 3.40. The summed E-state index contributed by atoms with van der Waals surface area (Å²) in [6, 6.07) is 0. The molecular weight excluding hydrogens is 276 g/mol. The van der Waals surface area contributed by atoms with Crippen LogP contribution in [-0.4, -0.2) is 40.4 Å². The Kier molecular flexibility index (Phi) is 4.51. The molecule has 9 nitrogen and oxygen atoms in total. The van der Waals surface area contributed by atoms with Crippen molar-refractivity contribution in [1.29, 1.82) is 0 Å². The van der Waals surface area contributed by atoms with Gasteiger partial charge in [-0.3, -0.25) is 14.9 Å². The molecule has 114 valence electrons. The van der Waals surface area contributed by atoms with Crippen molar-refractivity contribution in [2.45, 2.75) is 19.8 Å². The molecule has 0 bridgehead atoms. The normalized spacial score (nSPS) is 17.8. The van der Waals surface area contributed by atoms with E-state index in [0.717, 1.165) is 6.42 Å². The molecule has 1 fully saturated rings. The molecule has 0 saturated carbocycles. The molecule has 1 saturated heterocycles. The summed E-state index contributed by atoms with van der Waals surface area (Å²) in [6.07, 6.45) is 2.69. The van der Waals surface area contributed by atoms with Crippen LogP contribution in [0.5, 0.6) is 0 Å². The van der Waals surface area contributed by atoms with Gasteiger partial charge in [-0.25, -0.2) is 9.97 Å². The van der Waals surface area contributed by atoms with Gasteiger partial charge in [-0.15, -0.1) is 0 Å². The Balaban J connectivity index is 2.31. The number of hydrogen-bond donors (Lipinski definition) is 2. The largest absolute Gasteiger partial charge is 0.369 e. The Morgan fingerprint density at radius 3 is 2.95 bits per heavy atom. The van der Waals surface area contributed by atoms with Crippen LogP contribution in [0, 0.1) is 16.0 Å². The lowest BCUT2D eigenvalue weighted by atomic mass is 10.1. The lowest BCUT2D eigenvalue weighted by Gasteiger charge is -2.17. The number of rotatable bonds is 6. The molecular formula is C12H18N6O3. The van der Waals surface area contributed by atoms with E-state index < -0.39 is 10.8 Å². The zero-order valence-electron chi connectivity index (χ0n) is 11.8. The molecule has 0 radical (unpaired) electrons. The summed E-state index contributed by atoms with van der Waals surface area (Å²) in [5.41, 5.74) is 5.13. The SMILES string of the molecule is CCCNc1ncnc(N2CCC(C(N)=O)C2)c1[N+](=O)[O-]. The van der Waals surface area contributed by atoms with Crippen LogP contribution in [0.15, 0.2) is 6.33 Å². The highest BCUT2D eigenvalue weighted by Crippen LogP contribution is 2.34. The molecule has 21 heavy (non-hydrogen) atoms. The van der Waals surface area contributed by atoms with Gasteiger partial charge in [-0.1, -0.05) is 6.92 Å². The van der Waals surface area contributed by atoms with E-state index in [4.69, 9.17) is 5.73 Å². The van der Waals surface area contributed by atoms with Crippen molar-refractivity contribution in [2.75, 3.05) is 29.9 Å². The number of nitrogens with two attached hydrogens (primary N) is 1. The van der Waals surface area contributed by atoms with Crippen LogP contribution < -0.4 is 16.0 Å². The Bertz CT molecular complexity index is 550. The number of amides is 1. The molecule has 1 amide bonds. The number of nitrogens with one attached hydrogen (secondary N) is 1. The Hall–Kier alpha value is -2.45. The second-order valence-corrected chi connectivity index (χ2v) is 4.91. The summed E-state index contributed by atoms with van der Waals surface area (Å²) < 4.78 is 0. The molecule has 0 aromatic carbocycles. The first-order valence-electron chi connectivity index (χ1n) is 6.82. The van der Waals surface area contributed by atoms with E-state index in [1.54, 1.807) is 4.90 Å². The highest BCUT2D eigenvalue weighted by Gasteiger charge is 2.33. The summed E-state index contributed by atoms with van der Waals surface area (Å²) in [4.78, 5) is 31.8. The fourth-order valence-electron chi connectivity index (χ4n) is 2.33. The lowest BCUT2D eigenvalue weighted by molar-refractivity contribution is -0.383. The lowest BCUT2D eigenvalue weighted by Crippen LogP contribution is -2.28. The van der Waals surface area contributed by atoms with Gasteiger partial charge in [0.15, 0.2) is 0 Å². The van der Waals surface area contributed by atoms with Gasteiger partial charge in [0.2, 0.25) is 17.5 Å². The van der Waals surface area contributed by atoms with Crippen LogP contribution in [0.2, 0.25) is 0 Å². The molecule has 1 aromatic rings. The highest BCUT2D eigenvalue weighted by atomic mass is 16.6. The van der Waals surface area contributed by atoms with E-state index in [1.807, 2.05) is 6.92 Å². The van der Waals surface area contributed by atoms with Gasteiger partial charge in [0.1, 0.15) is 6.33 Å². The minimum Gasteiger partial charge on any atom is -0.369 e. The van der Waals surface area contributed by atoms with Crippen LogP contribution in [0.25, 0.3) is 0 Å². The minimum absolute atomic E-state index is 0.156. The van der Waals surface area contributed by atoms with Crippen molar-refractivity contribution in [3.05, 3.63) is 16.4 Å². The first kappa shape index (κ1) is 14.9. The van der Waals surface area contributed by atoms with Crippen LogP contribution in [-0.2, 0) is 4.79 Å². The number of primary amides is 1. The van der Waals surface area contributed by atoms with Crippen LogP contribution in [0.3, 0.4) is 0 Å². The molecule has 0 spiro atoms. The maximum absolute atomic E-state index is 11.3. The topological polar surface area (TPSA) is 127 Å². The summed E-state index contributed by atoms with van der Waals surface area (Å²) in [7, 11) is 0. The second kappa shape index (κ2) is 6.33. The number of nitro groups is 1. The fourth-order valence-corrected chi connectivity index (χ4v) is 2.33. The monoisotopic (exact) mass is 294 g/mol. The molecule has 1 aliphatic rings. The molecule has 2 rings (SSSR count).